The molecule has 1 aliphatic heterocycles. The van der Waals surface area contributed by atoms with Gasteiger partial charge < -0.3 is 15.5 Å². The number of rotatable bonds is 5. The molecule has 29 heavy (non-hydrogen) atoms. The molecule has 2 heterocycles. The van der Waals surface area contributed by atoms with E-state index in [9.17, 15) is 14.4 Å². The minimum Gasteiger partial charge on any atom is -0.334 e. The topological polar surface area (TPSA) is 107 Å². The fraction of sp³-hybridized carbons (Fsp3) is 0.158. The average Bonchev–Trinajstić information content (AvgIpc) is 2.97. The fourth-order valence-corrected chi connectivity index (χ4v) is 3.29. The Bertz CT molecular complexity index is 1030. The second-order valence-electron chi connectivity index (χ2n) is 6.00. The van der Waals surface area contributed by atoms with Crippen LogP contribution in [0.2, 0.25) is 5.02 Å². The molecule has 10 heteroatoms. The summed E-state index contributed by atoms with van der Waals surface area (Å²) in [6.07, 6.45) is 5.08. The van der Waals surface area contributed by atoms with Gasteiger partial charge in [-0.05, 0) is 41.1 Å². The molecule has 2 aromatic rings. The molecule has 3 N–H and O–H groups in total. The summed E-state index contributed by atoms with van der Waals surface area (Å²) >= 11 is 9.29. The highest BCUT2D eigenvalue weighted by atomic mass is 79.9. The molecule has 3 amide bonds. The van der Waals surface area contributed by atoms with E-state index in [1.165, 1.54) is 0 Å². The van der Waals surface area contributed by atoms with Crippen LogP contribution in [0.3, 0.4) is 0 Å². The van der Waals surface area contributed by atoms with Crippen molar-refractivity contribution in [2.45, 2.75) is 6.92 Å². The number of carbonyl (C=O) groups excluding carboxylic acids is 3. The van der Waals surface area contributed by atoms with Gasteiger partial charge >= 0.3 is 0 Å². The van der Waals surface area contributed by atoms with E-state index in [0.717, 1.165) is 0 Å². The summed E-state index contributed by atoms with van der Waals surface area (Å²) in [5, 5.41) is 12.0. The van der Waals surface area contributed by atoms with E-state index in [0.29, 0.717) is 18.1 Å². The van der Waals surface area contributed by atoms with Crippen LogP contribution >= 0.6 is 27.5 Å². The predicted molar refractivity (Wildman–Crippen MR) is 113 cm³/mol. The van der Waals surface area contributed by atoms with Crippen LogP contribution < -0.4 is 10.6 Å². The standard InChI is InChI=1S/C19H17BrClN5O3/c1-2-26-10-6-5-9-13(19(26)29)22-18(28)15-14(20)16(25-24-15)23-17(27)11-7-3-4-8-12(11)21/h3-9H,2,10H2,1H3,(H,22,28)(H2,23,24,25,27). The molecule has 8 nitrogen and oxygen atoms in total. The third kappa shape index (κ3) is 4.57. The summed E-state index contributed by atoms with van der Waals surface area (Å²) in [7, 11) is 0. The van der Waals surface area contributed by atoms with Crippen molar-refractivity contribution in [1.29, 1.82) is 0 Å². The average molecular weight is 479 g/mol. The number of hydrogen-bond donors (Lipinski definition) is 3. The normalized spacial score (nSPS) is 13.7. The van der Waals surface area contributed by atoms with Crippen molar-refractivity contribution in [3.05, 3.63) is 68.9 Å². The van der Waals surface area contributed by atoms with Gasteiger partial charge in [-0.1, -0.05) is 35.9 Å². The van der Waals surface area contributed by atoms with E-state index < -0.39 is 11.8 Å². The first-order chi connectivity index (χ1) is 13.9. The number of aromatic nitrogens is 2. The molecule has 1 aromatic heterocycles. The number of anilines is 1. The molecule has 1 aromatic carbocycles. The molecule has 150 valence electrons. The number of H-pyrrole nitrogens is 1. The Labute approximate surface area is 180 Å². The van der Waals surface area contributed by atoms with Crippen molar-refractivity contribution >= 4 is 51.1 Å². The summed E-state index contributed by atoms with van der Waals surface area (Å²) in [5.74, 6) is -1.21. The Morgan fingerprint density at radius 2 is 2.03 bits per heavy atom. The maximum absolute atomic E-state index is 12.6. The highest BCUT2D eigenvalue weighted by molar-refractivity contribution is 9.10. The zero-order valence-electron chi connectivity index (χ0n) is 15.3. The van der Waals surface area contributed by atoms with Crippen molar-refractivity contribution in [1.82, 2.24) is 20.4 Å². The molecule has 3 rings (SSSR count). The minimum atomic E-state index is -0.575. The minimum absolute atomic E-state index is 0.0597. The van der Waals surface area contributed by atoms with Crippen LogP contribution in [0.25, 0.3) is 0 Å². The van der Waals surface area contributed by atoms with Crippen LogP contribution in [-0.2, 0) is 4.79 Å². The van der Waals surface area contributed by atoms with Crippen molar-refractivity contribution in [3.8, 4) is 0 Å². The number of allylic oxidation sites excluding steroid dienone is 2. The van der Waals surface area contributed by atoms with Gasteiger partial charge in [0.15, 0.2) is 5.82 Å². The van der Waals surface area contributed by atoms with E-state index in [4.69, 9.17) is 11.6 Å². The van der Waals surface area contributed by atoms with Crippen LogP contribution in [0.15, 0.2) is 52.7 Å². The van der Waals surface area contributed by atoms with Gasteiger partial charge in [0.1, 0.15) is 11.4 Å². The third-order valence-electron chi connectivity index (χ3n) is 4.16. The van der Waals surface area contributed by atoms with E-state index in [1.807, 2.05) is 13.0 Å². The number of nitrogens with zero attached hydrogens (tertiary/aromatic N) is 2. The highest BCUT2D eigenvalue weighted by Gasteiger charge is 2.24. The Morgan fingerprint density at radius 1 is 1.28 bits per heavy atom. The highest BCUT2D eigenvalue weighted by Crippen LogP contribution is 2.25. The summed E-state index contributed by atoms with van der Waals surface area (Å²) in [5.41, 5.74) is 0.480. The number of likely N-dealkylation sites (N-methyl/N-ethyl adjacent to an activating group) is 1. The van der Waals surface area contributed by atoms with Crippen LogP contribution in [0, 0.1) is 0 Å². The lowest BCUT2D eigenvalue weighted by molar-refractivity contribution is -0.126. The van der Waals surface area contributed by atoms with E-state index in [2.05, 4.69) is 36.8 Å². The number of halogens is 2. The summed E-state index contributed by atoms with van der Waals surface area (Å²) in [6, 6.07) is 6.57. The second kappa shape index (κ2) is 9.06. The maximum Gasteiger partial charge on any atom is 0.275 e. The summed E-state index contributed by atoms with van der Waals surface area (Å²) in [4.78, 5) is 39.1. The predicted octanol–water partition coefficient (Wildman–Crippen LogP) is 3.11. The van der Waals surface area contributed by atoms with Gasteiger partial charge in [-0.15, -0.1) is 0 Å². The van der Waals surface area contributed by atoms with E-state index in [1.54, 1.807) is 41.3 Å². The number of amides is 3. The first-order valence-corrected chi connectivity index (χ1v) is 9.86. The lowest BCUT2D eigenvalue weighted by Crippen LogP contribution is -2.38. The third-order valence-corrected chi connectivity index (χ3v) is 5.26. The monoisotopic (exact) mass is 477 g/mol. The van der Waals surface area contributed by atoms with Crippen molar-refractivity contribution < 1.29 is 14.4 Å². The first-order valence-electron chi connectivity index (χ1n) is 8.69. The van der Waals surface area contributed by atoms with Crippen molar-refractivity contribution in [2.75, 3.05) is 18.4 Å². The maximum atomic E-state index is 12.6. The Balaban J connectivity index is 1.75. The first kappa shape index (κ1) is 20.8. The molecule has 0 saturated carbocycles. The van der Waals surface area contributed by atoms with Crippen LogP contribution in [0.4, 0.5) is 5.82 Å². The molecule has 0 saturated heterocycles. The van der Waals surface area contributed by atoms with Gasteiger partial charge in [-0.3, -0.25) is 19.5 Å². The lowest BCUT2D eigenvalue weighted by Gasteiger charge is -2.19. The van der Waals surface area contributed by atoms with Gasteiger partial charge in [-0.2, -0.15) is 5.10 Å². The van der Waals surface area contributed by atoms with Crippen molar-refractivity contribution in [2.24, 2.45) is 0 Å². The molecule has 0 unspecified atom stereocenters. The van der Waals surface area contributed by atoms with E-state index in [-0.39, 0.29) is 33.2 Å². The zero-order chi connectivity index (χ0) is 21.0. The molecule has 0 fully saturated rings. The second-order valence-corrected chi connectivity index (χ2v) is 7.20. The number of aromatic amines is 1. The van der Waals surface area contributed by atoms with Crippen molar-refractivity contribution in [3.63, 3.8) is 0 Å². The fourth-order valence-electron chi connectivity index (χ4n) is 2.61. The van der Waals surface area contributed by atoms with E-state index >= 15 is 0 Å². The quantitative estimate of drug-likeness (QED) is 0.614. The molecular weight excluding hydrogens is 462 g/mol. The number of benzene rings is 1. The van der Waals surface area contributed by atoms with Gasteiger partial charge in [0, 0.05) is 13.1 Å². The number of carbonyl (C=O) groups is 3. The molecular formula is C19H17BrClN5O3. The number of nitrogens with one attached hydrogen (secondary N) is 3. The Kier molecular flexibility index (Phi) is 6.50. The van der Waals surface area contributed by atoms with Gasteiger partial charge in [-0.25, -0.2) is 0 Å². The molecule has 0 spiro atoms. The molecule has 0 aliphatic carbocycles. The Hall–Kier alpha value is -2.91. The summed E-state index contributed by atoms with van der Waals surface area (Å²) in [6.45, 7) is 2.84. The molecule has 0 radical (unpaired) electrons. The smallest absolute Gasteiger partial charge is 0.275 e. The van der Waals surface area contributed by atoms with Gasteiger partial charge in [0.25, 0.3) is 17.7 Å². The van der Waals surface area contributed by atoms with Crippen LogP contribution in [-0.4, -0.2) is 45.9 Å². The van der Waals surface area contributed by atoms with Gasteiger partial charge in [0.05, 0.1) is 15.1 Å². The zero-order valence-corrected chi connectivity index (χ0v) is 17.7. The summed E-state index contributed by atoms with van der Waals surface area (Å²) < 4.78 is 0.250. The lowest BCUT2D eigenvalue weighted by atomic mass is 10.2. The molecule has 1 aliphatic rings. The molecule has 0 bridgehead atoms. The Morgan fingerprint density at radius 3 is 2.76 bits per heavy atom. The largest absolute Gasteiger partial charge is 0.334 e. The van der Waals surface area contributed by atoms with Gasteiger partial charge in [0.2, 0.25) is 0 Å². The molecule has 0 atom stereocenters. The van der Waals surface area contributed by atoms with Crippen LogP contribution in [0.5, 0.6) is 0 Å². The SMILES string of the molecule is CCN1CC=CC=C(NC(=O)c2[nH]nc(NC(=O)c3ccccc3Cl)c2Br)C1=O. The van der Waals surface area contributed by atoms with Crippen LogP contribution in [0.1, 0.15) is 27.8 Å². The number of hydrogen-bond acceptors (Lipinski definition) is 4.